The number of nitrogens with zero attached hydrogens (tertiary/aromatic N) is 2. The molecule has 0 aliphatic heterocycles. The third-order valence-corrected chi connectivity index (χ3v) is 6.28. The van der Waals surface area contributed by atoms with Gasteiger partial charge in [0.05, 0.1) is 11.5 Å². The van der Waals surface area contributed by atoms with Gasteiger partial charge in [-0.25, -0.2) is 23.1 Å². The van der Waals surface area contributed by atoms with Crippen LogP contribution in [0.25, 0.3) is 0 Å². The van der Waals surface area contributed by atoms with Gasteiger partial charge in [-0.3, -0.25) is 4.79 Å². The maximum absolute atomic E-state index is 12.6. The Morgan fingerprint density at radius 2 is 1.62 bits per heavy atom. The molecule has 3 aromatic rings. The van der Waals surface area contributed by atoms with Crippen molar-refractivity contribution in [3.05, 3.63) is 71.5 Å². The molecule has 180 valence electrons. The molecule has 0 spiro atoms. The van der Waals surface area contributed by atoms with Crippen molar-refractivity contribution in [1.29, 1.82) is 0 Å². The van der Waals surface area contributed by atoms with Crippen molar-refractivity contribution in [2.24, 2.45) is 0 Å². The molecule has 2 N–H and O–H groups in total. The molecule has 1 aromatic heterocycles. The summed E-state index contributed by atoms with van der Waals surface area (Å²) >= 11 is 0. The van der Waals surface area contributed by atoms with Crippen LogP contribution in [0, 0.1) is 13.8 Å². The summed E-state index contributed by atoms with van der Waals surface area (Å²) in [6, 6.07) is 15.7. The number of nitrogens with one attached hydrogen (secondary N) is 2. The van der Waals surface area contributed by atoms with Crippen LogP contribution in [0.2, 0.25) is 0 Å². The van der Waals surface area contributed by atoms with Crippen LogP contribution < -0.4 is 14.8 Å². The SMILES string of the molecule is CCCc1ccc(OCCCC(=O)Nc2ccc(S(=O)(=O)Nc3nc(C)cc(C)n3)cc2)cc1. The van der Waals surface area contributed by atoms with Crippen LogP contribution in [0.15, 0.2) is 59.5 Å². The van der Waals surface area contributed by atoms with E-state index in [9.17, 15) is 13.2 Å². The monoisotopic (exact) mass is 482 g/mol. The van der Waals surface area contributed by atoms with Crippen LogP contribution in [0.3, 0.4) is 0 Å². The van der Waals surface area contributed by atoms with Crippen molar-refractivity contribution in [1.82, 2.24) is 9.97 Å². The quantitative estimate of drug-likeness (QED) is 0.385. The van der Waals surface area contributed by atoms with Crippen LogP contribution in [-0.4, -0.2) is 30.9 Å². The highest BCUT2D eigenvalue weighted by atomic mass is 32.2. The van der Waals surface area contributed by atoms with E-state index >= 15 is 0 Å². The highest BCUT2D eigenvalue weighted by Gasteiger charge is 2.16. The molecule has 0 unspecified atom stereocenters. The van der Waals surface area contributed by atoms with Crippen LogP contribution in [0.5, 0.6) is 5.75 Å². The summed E-state index contributed by atoms with van der Waals surface area (Å²) < 4.78 is 33.3. The van der Waals surface area contributed by atoms with E-state index in [0.29, 0.717) is 36.5 Å². The van der Waals surface area contributed by atoms with Crippen molar-refractivity contribution in [2.75, 3.05) is 16.6 Å². The van der Waals surface area contributed by atoms with Gasteiger partial charge >= 0.3 is 0 Å². The summed E-state index contributed by atoms with van der Waals surface area (Å²) in [5, 5.41) is 2.77. The number of aromatic nitrogens is 2. The van der Waals surface area contributed by atoms with Crippen molar-refractivity contribution >= 4 is 27.6 Å². The molecule has 8 nitrogen and oxygen atoms in total. The largest absolute Gasteiger partial charge is 0.494 e. The third-order valence-electron chi connectivity index (χ3n) is 4.94. The summed E-state index contributed by atoms with van der Waals surface area (Å²) in [6.07, 6.45) is 3.01. The van der Waals surface area contributed by atoms with Crippen LogP contribution >= 0.6 is 0 Å². The molecular formula is C25H30N4O4S. The number of sulfonamides is 1. The molecule has 0 atom stereocenters. The summed E-state index contributed by atoms with van der Waals surface area (Å²) in [6.45, 7) is 6.11. The minimum Gasteiger partial charge on any atom is -0.494 e. The lowest BCUT2D eigenvalue weighted by atomic mass is 10.1. The Bertz CT molecular complexity index is 1190. The smallest absolute Gasteiger partial charge is 0.264 e. The van der Waals surface area contributed by atoms with Gasteiger partial charge in [0.15, 0.2) is 0 Å². The van der Waals surface area contributed by atoms with Gasteiger partial charge in [-0.05, 0) is 74.7 Å². The Labute approximate surface area is 200 Å². The minimum absolute atomic E-state index is 0.0222. The number of aryl methyl sites for hydroxylation is 3. The first-order valence-electron chi connectivity index (χ1n) is 11.2. The van der Waals surface area contributed by atoms with Crippen molar-refractivity contribution in [3.8, 4) is 5.75 Å². The second-order valence-electron chi connectivity index (χ2n) is 8.00. The Balaban J connectivity index is 1.46. The molecule has 3 rings (SSSR count). The maximum Gasteiger partial charge on any atom is 0.264 e. The molecule has 34 heavy (non-hydrogen) atoms. The number of carbonyl (C=O) groups excluding carboxylic acids is 1. The van der Waals surface area contributed by atoms with Gasteiger partial charge in [0.2, 0.25) is 11.9 Å². The molecule has 0 saturated carbocycles. The van der Waals surface area contributed by atoms with Crippen molar-refractivity contribution in [2.45, 2.75) is 51.3 Å². The Morgan fingerprint density at radius 3 is 2.24 bits per heavy atom. The topological polar surface area (TPSA) is 110 Å². The van der Waals surface area contributed by atoms with Crippen LogP contribution in [-0.2, 0) is 21.2 Å². The number of benzene rings is 2. The molecular weight excluding hydrogens is 452 g/mol. The zero-order chi connectivity index (χ0) is 24.6. The number of hydrogen-bond donors (Lipinski definition) is 2. The van der Waals surface area contributed by atoms with Gasteiger partial charge in [0.25, 0.3) is 10.0 Å². The van der Waals surface area contributed by atoms with E-state index < -0.39 is 10.0 Å². The van der Waals surface area contributed by atoms with Crippen LogP contribution in [0.1, 0.15) is 43.1 Å². The van der Waals surface area contributed by atoms with Gasteiger partial charge in [-0.1, -0.05) is 25.5 Å². The number of ether oxygens (including phenoxy) is 1. The normalized spacial score (nSPS) is 11.1. The van der Waals surface area contributed by atoms with Gasteiger partial charge in [-0.15, -0.1) is 0 Å². The maximum atomic E-state index is 12.6. The van der Waals surface area contributed by atoms with E-state index in [-0.39, 0.29) is 16.8 Å². The standard InChI is InChI=1S/C25H30N4O4S/c1-4-6-20-8-12-22(13-9-20)33-16-5-7-24(30)28-21-10-14-23(15-11-21)34(31,32)29-25-26-18(2)17-19(3)27-25/h8-15,17H,4-7,16H2,1-3H3,(H,28,30)(H,26,27,29). The lowest BCUT2D eigenvalue weighted by Crippen LogP contribution is -2.16. The molecule has 0 aliphatic carbocycles. The third kappa shape index (κ3) is 7.55. The first kappa shape index (κ1) is 25.2. The Kier molecular flexibility index (Phi) is 8.59. The van der Waals surface area contributed by atoms with Gasteiger partial charge < -0.3 is 10.1 Å². The molecule has 9 heteroatoms. The second-order valence-corrected chi connectivity index (χ2v) is 9.68. The molecule has 1 amide bonds. The lowest BCUT2D eigenvalue weighted by Gasteiger charge is -2.10. The van der Waals surface area contributed by atoms with Gasteiger partial charge in [-0.2, -0.15) is 0 Å². The average Bonchev–Trinajstić information content (AvgIpc) is 2.77. The summed E-state index contributed by atoms with van der Waals surface area (Å²) in [7, 11) is -3.85. The average molecular weight is 483 g/mol. The van der Waals surface area contributed by atoms with Gasteiger partial charge in [0, 0.05) is 23.5 Å². The zero-order valence-electron chi connectivity index (χ0n) is 19.7. The summed E-state index contributed by atoms with van der Waals surface area (Å²) in [5.74, 6) is 0.644. The number of rotatable bonds is 11. The molecule has 0 fully saturated rings. The zero-order valence-corrected chi connectivity index (χ0v) is 20.5. The Morgan fingerprint density at radius 1 is 0.971 bits per heavy atom. The molecule has 2 aromatic carbocycles. The van der Waals surface area contributed by atoms with E-state index in [1.54, 1.807) is 32.0 Å². The Hall–Kier alpha value is -3.46. The first-order chi connectivity index (χ1) is 16.2. The van der Waals surface area contributed by atoms with E-state index in [4.69, 9.17) is 4.74 Å². The molecule has 0 saturated heterocycles. The number of hydrogen-bond acceptors (Lipinski definition) is 6. The fourth-order valence-electron chi connectivity index (χ4n) is 3.36. The molecule has 0 aliphatic rings. The highest BCUT2D eigenvalue weighted by molar-refractivity contribution is 7.92. The van der Waals surface area contributed by atoms with E-state index in [1.807, 2.05) is 12.1 Å². The number of anilines is 2. The van der Waals surface area contributed by atoms with E-state index in [1.165, 1.54) is 17.7 Å². The summed E-state index contributed by atoms with van der Waals surface area (Å²) in [4.78, 5) is 20.5. The molecule has 1 heterocycles. The lowest BCUT2D eigenvalue weighted by molar-refractivity contribution is -0.116. The van der Waals surface area contributed by atoms with E-state index in [0.717, 1.165) is 18.6 Å². The fourth-order valence-corrected chi connectivity index (χ4v) is 4.30. The molecule has 0 bridgehead atoms. The van der Waals surface area contributed by atoms with Crippen molar-refractivity contribution < 1.29 is 17.9 Å². The highest BCUT2D eigenvalue weighted by Crippen LogP contribution is 2.18. The first-order valence-corrected chi connectivity index (χ1v) is 12.7. The van der Waals surface area contributed by atoms with Crippen LogP contribution in [0.4, 0.5) is 11.6 Å². The van der Waals surface area contributed by atoms with Crippen molar-refractivity contribution in [3.63, 3.8) is 0 Å². The van der Waals surface area contributed by atoms with E-state index in [2.05, 4.69) is 39.1 Å². The second kappa shape index (κ2) is 11.6. The predicted octanol–water partition coefficient (Wildman–Crippen LogP) is 4.64. The number of carbonyl (C=O) groups is 1. The number of amides is 1. The predicted molar refractivity (Wildman–Crippen MR) is 133 cm³/mol. The minimum atomic E-state index is -3.85. The summed E-state index contributed by atoms with van der Waals surface area (Å²) in [5.41, 5.74) is 3.12. The molecule has 0 radical (unpaired) electrons. The fraction of sp³-hybridized carbons (Fsp3) is 0.320. The van der Waals surface area contributed by atoms with Gasteiger partial charge in [0.1, 0.15) is 5.75 Å².